The van der Waals surface area contributed by atoms with E-state index < -0.39 is 0 Å². The standard InChI is InChI=1S/C28H29N9O2/c1-17-10-19(4-6-22(17)39-25-11-24-30-15-33-37(24)16-32-25)34-28-26-20(29-14-31-28)5-7-23(38-3)27(26)36-13-18-12-35(2)9-8-21(18)36/h4-7,10-11,14-16,18,21H,8-9,12-13H2,1-3H3,(H,29,31,34). The van der Waals surface area contributed by atoms with Gasteiger partial charge in [0.25, 0.3) is 0 Å². The first-order chi connectivity index (χ1) is 19.1. The number of likely N-dealkylation sites (tertiary alicyclic amines) is 1. The van der Waals surface area contributed by atoms with Crippen LogP contribution >= 0.6 is 0 Å². The van der Waals surface area contributed by atoms with E-state index in [1.807, 2.05) is 37.3 Å². The lowest BCUT2D eigenvalue weighted by atomic mass is 9.82. The molecule has 198 valence electrons. The van der Waals surface area contributed by atoms with Gasteiger partial charge in [0.2, 0.25) is 5.88 Å². The largest absolute Gasteiger partial charge is 0.495 e. The van der Waals surface area contributed by atoms with Gasteiger partial charge in [-0.15, -0.1) is 0 Å². The molecule has 2 aromatic carbocycles. The quantitative estimate of drug-likeness (QED) is 0.350. The van der Waals surface area contributed by atoms with E-state index >= 15 is 0 Å². The van der Waals surface area contributed by atoms with E-state index in [2.05, 4.69) is 47.2 Å². The Bertz CT molecular complexity index is 1690. The van der Waals surface area contributed by atoms with Crippen LogP contribution < -0.4 is 19.7 Å². The second-order valence-electron chi connectivity index (χ2n) is 10.3. The zero-order valence-corrected chi connectivity index (χ0v) is 22.1. The number of piperidine rings is 1. The zero-order chi connectivity index (χ0) is 26.5. The van der Waals surface area contributed by atoms with E-state index in [4.69, 9.17) is 9.47 Å². The molecule has 0 bridgehead atoms. The molecule has 2 saturated heterocycles. The van der Waals surface area contributed by atoms with Crippen LogP contribution in [0.3, 0.4) is 0 Å². The molecule has 2 aliphatic heterocycles. The lowest BCUT2D eigenvalue weighted by Gasteiger charge is -2.54. The fourth-order valence-corrected chi connectivity index (χ4v) is 5.82. The van der Waals surface area contributed by atoms with Gasteiger partial charge in [0.1, 0.15) is 36.3 Å². The molecule has 2 aliphatic rings. The molecule has 3 aromatic heterocycles. The van der Waals surface area contributed by atoms with Crippen molar-refractivity contribution in [2.24, 2.45) is 5.92 Å². The summed E-state index contributed by atoms with van der Waals surface area (Å²) >= 11 is 0. The first-order valence-electron chi connectivity index (χ1n) is 13.0. The summed E-state index contributed by atoms with van der Waals surface area (Å²) < 4.78 is 13.5. The topological polar surface area (TPSA) is 106 Å². The van der Waals surface area contributed by atoms with Crippen LogP contribution in [0.25, 0.3) is 16.6 Å². The Balaban J connectivity index is 1.20. The summed E-state index contributed by atoms with van der Waals surface area (Å²) in [6, 6.07) is 12.2. The van der Waals surface area contributed by atoms with Crippen LogP contribution in [0.1, 0.15) is 12.0 Å². The van der Waals surface area contributed by atoms with Gasteiger partial charge in [-0.2, -0.15) is 5.10 Å². The van der Waals surface area contributed by atoms with Crippen molar-refractivity contribution in [1.82, 2.24) is 34.4 Å². The number of nitrogens with one attached hydrogen (secondary N) is 1. The molecule has 0 aliphatic carbocycles. The number of methoxy groups -OCH3 is 1. The summed E-state index contributed by atoms with van der Waals surface area (Å²) in [6.45, 7) is 5.23. The second-order valence-corrected chi connectivity index (χ2v) is 10.3. The number of benzene rings is 2. The second kappa shape index (κ2) is 9.35. The predicted molar refractivity (Wildman–Crippen MR) is 148 cm³/mol. The molecule has 7 rings (SSSR count). The Labute approximate surface area is 225 Å². The van der Waals surface area contributed by atoms with Crippen LogP contribution in [0.5, 0.6) is 17.4 Å². The van der Waals surface area contributed by atoms with Crippen molar-refractivity contribution in [2.45, 2.75) is 19.4 Å². The summed E-state index contributed by atoms with van der Waals surface area (Å²) in [7, 11) is 3.93. The molecule has 39 heavy (non-hydrogen) atoms. The summed E-state index contributed by atoms with van der Waals surface area (Å²) in [6.07, 6.45) is 5.81. The van der Waals surface area contributed by atoms with Crippen molar-refractivity contribution in [3.8, 4) is 17.4 Å². The molecular formula is C28H29N9O2. The van der Waals surface area contributed by atoms with Crippen molar-refractivity contribution in [3.63, 3.8) is 0 Å². The number of rotatable bonds is 6. The van der Waals surface area contributed by atoms with Crippen molar-refractivity contribution in [3.05, 3.63) is 60.9 Å². The molecular weight excluding hydrogens is 494 g/mol. The van der Waals surface area contributed by atoms with E-state index in [0.717, 1.165) is 65.5 Å². The van der Waals surface area contributed by atoms with Gasteiger partial charge >= 0.3 is 0 Å². The molecule has 2 unspecified atom stereocenters. The van der Waals surface area contributed by atoms with Gasteiger partial charge in [0, 0.05) is 36.8 Å². The van der Waals surface area contributed by atoms with Gasteiger partial charge in [-0.3, -0.25) is 0 Å². The molecule has 11 heteroatoms. The van der Waals surface area contributed by atoms with Crippen molar-refractivity contribution < 1.29 is 9.47 Å². The number of aromatic nitrogens is 6. The molecule has 2 atom stereocenters. The van der Waals surface area contributed by atoms with Crippen LogP contribution in [0.15, 0.2) is 55.4 Å². The van der Waals surface area contributed by atoms with Gasteiger partial charge in [0.05, 0.1) is 23.7 Å². The normalized spacial score (nSPS) is 19.1. The van der Waals surface area contributed by atoms with Gasteiger partial charge in [0.15, 0.2) is 5.65 Å². The van der Waals surface area contributed by atoms with E-state index in [-0.39, 0.29) is 0 Å². The molecule has 0 amide bonds. The van der Waals surface area contributed by atoms with E-state index in [1.54, 1.807) is 30.3 Å². The maximum Gasteiger partial charge on any atom is 0.224 e. The minimum absolute atomic E-state index is 0.458. The monoisotopic (exact) mass is 523 g/mol. The molecule has 0 spiro atoms. The Morgan fingerprint density at radius 1 is 0.974 bits per heavy atom. The molecule has 1 N–H and O–H groups in total. The molecule has 5 aromatic rings. The third-order valence-corrected chi connectivity index (χ3v) is 7.77. The molecule has 5 heterocycles. The lowest BCUT2D eigenvalue weighted by molar-refractivity contribution is 0.132. The van der Waals surface area contributed by atoms with Crippen LogP contribution in [-0.4, -0.2) is 74.3 Å². The predicted octanol–water partition coefficient (Wildman–Crippen LogP) is 4.06. The average molecular weight is 524 g/mol. The highest BCUT2D eigenvalue weighted by Crippen LogP contribution is 2.46. The highest BCUT2D eigenvalue weighted by atomic mass is 16.5. The SMILES string of the molecule is COc1ccc2ncnc(Nc3ccc(Oc4cc5ncnn5cn4)c(C)c3)c2c1N1CC2CN(C)CCC21. The Hall–Kier alpha value is -4.51. The molecule has 11 nitrogen and oxygen atoms in total. The van der Waals surface area contributed by atoms with Crippen molar-refractivity contribution >= 4 is 33.7 Å². The highest BCUT2D eigenvalue weighted by molar-refractivity contribution is 6.04. The van der Waals surface area contributed by atoms with Gasteiger partial charge in [-0.1, -0.05) is 0 Å². The minimum atomic E-state index is 0.458. The first-order valence-corrected chi connectivity index (χ1v) is 13.0. The lowest BCUT2D eigenvalue weighted by Crippen LogP contribution is -2.63. The van der Waals surface area contributed by atoms with Crippen LogP contribution in [0.2, 0.25) is 0 Å². The van der Waals surface area contributed by atoms with E-state index in [9.17, 15) is 0 Å². The number of ether oxygens (including phenoxy) is 2. The fourth-order valence-electron chi connectivity index (χ4n) is 5.82. The maximum absolute atomic E-state index is 6.05. The number of hydrogen-bond acceptors (Lipinski definition) is 10. The Morgan fingerprint density at radius 3 is 2.72 bits per heavy atom. The zero-order valence-electron chi connectivity index (χ0n) is 22.1. The number of nitrogens with zero attached hydrogens (tertiary/aromatic N) is 8. The number of aryl methyl sites for hydroxylation is 1. The Kier molecular flexibility index (Phi) is 5.66. The fraction of sp³-hybridized carbons (Fsp3) is 0.321. The average Bonchev–Trinajstić information content (AvgIpc) is 3.40. The molecule has 0 radical (unpaired) electrons. The third-order valence-electron chi connectivity index (χ3n) is 7.77. The van der Waals surface area contributed by atoms with Crippen molar-refractivity contribution in [1.29, 1.82) is 0 Å². The van der Waals surface area contributed by atoms with Crippen LogP contribution in [0.4, 0.5) is 17.2 Å². The van der Waals surface area contributed by atoms with Gasteiger partial charge < -0.3 is 24.6 Å². The number of fused-ring (bicyclic) bond motifs is 3. The molecule has 2 fully saturated rings. The summed E-state index contributed by atoms with van der Waals surface area (Å²) in [5.74, 6) is 3.42. The number of anilines is 3. The first kappa shape index (κ1) is 23.6. The van der Waals surface area contributed by atoms with Crippen LogP contribution in [0, 0.1) is 12.8 Å². The van der Waals surface area contributed by atoms with E-state index in [0.29, 0.717) is 29.2 Å². The van der Waals surface area contributed by atoms with Gasteiger partial charge in [-0.25, -0.2) is 24.5 Å². The smallest absolute Gasteiger partial charge is 0.224 e. The van der Waals surface area contributed by atoms with Crippen molar-refractivity contribution in [2.75, 3.05) is 44.0 Å². The minimum Gasteiger partial charge on any atom is -0.495 e. The Morgan fingerprint density at radius 2 is 1.87 bits per heavy atom. The summed E-state index contributed by atoms with van der Waals surface area (Å²) in [5, 5.41) is 8.58. The molecule has 0 saturated carbocycles. The van der Waals surface area contributed by atoms with E-state index in [1.165, 1.54) is 6.33 Å². The number of hydrogen-bond donors (Lipinski definition) is 1. The van der Waals surface area contributed by atoms with Gasteiger partial charge in [-0.05, 0) is 62.8 Å². The van der Waals surface area contributed by atoms with Crippen LogP contribution in [-0.2, 0) is 0 Å². The highest BCUT2D eigenvalue weighted by Gasteiger charge is 2.43. The summed E-state index contributed by atoms with van der Waals surface area (Å²) in [5.41, 5.74) is 4.47. The summed E-state index contributed by atoms with van der Waals surface area (Å²) in [4.78, 5) is 22.7. The maximum atomic E-state index is 6.05. The third kappa shape index (κ3) is 4.15.